The largest absolute Gasteiger partial charge is 0.508 e. The van der Waals surface area contributed by atoms with Gasteiger partial charge in [0.05, 0.1) is 16.6 Å². The zero-order chi connectivity index (χ0) is 20.4. The molecule has 5 rings (SSSR count). The molecule has 0 unspecified atom stereocenters. The van der Waals surface area contributed by atoms with Gasteiger partial charge < -0.3 is 9.67 Å². The van der Waals surface area contributed by atoms with Gasteiger partial charge in [-0.1, -0.05) is 36.7 Å². The van der Waals surface area contributed by atoms with Gasteiger partial charge in [0.15, 0.2) is 0 Å². The van der Waals surface area contributed by atoms with Crippen molar-refractivity contribution < 1.29 is 14.7 Å². The third-order valence-corrected chi connectivity index (χ3v) is 6.05. The number of carbonyl (C=O) groups is 2. The molecule has 1 aliphatic rings. The Morgan fingerprint density at radius 2 is 1.72 bits per heavy atom. The molecule has 2 N–H and O–H groups in total. The van der Waals surface area contributed by atoms with E-state index in [1.165, 1.54) is 0 Å². The maximum atomic E-state index is 12.8. The van der Waals surface area contributed by atoms with Crippen molar-refractivity contribution in [2.24, 2.45) is 7.05 Å². The van der Waals surface area contributed by atoms with Gasteiger partial charge in [-0.05, 0) is 41.8 Å². The zero-order valence-electron chi connectivity index (χ0n) is 15.8. The summed E-state index contributed by atoms with van der Waals surface area (Å²) in [6.07, 6.45) is 0.686. The lowest BCUT2D eigenvalue weighted by atomic mass is 9.92. The first-order valence-corrected chi connectivity index (χ1v) is 9.71. The van der Waals surface area contributed by atoms with Gasteiger partial charge in [-0.15, -0.1) is 0 Å². The molecule has 0 saturated carbocycles. The van der Waals surface area contributed by atoms with Crippen LogP contribution >= 0.6 is 11.6 Å². The molecule has 0 spiro atoms. The van der Waals surface area contributed by atoms with E-state index in [2.05, 4.69) is 5.32 Å². The number of amides is 2. The summed E-state index contributed by atoms with van der Waals surface area (Å²) in [6.45, 7) is 1.98. The number of phenolic OH excluding ortho intramolecular Hbond substituents is 1. The van der Waals surface area contributed by atoms with Crippen LogP contribution in [0.3, 0.4) is 0 Å². The van der Waals surface area contributed by atoms with Crippen molar-refractivity contribution in [3.05, 3.63) is 64.2 Å². The van der Waals surface area contributed by atoms with Crippen LogP contribution in [0.5, 0.6) is 5.75 Å². The van der Waals surface area contributed by atoms with Crippen LogP contribution in [-0.2, 0) is 13.5 Å². The fraction of sp³-hybridized carbons (Fsp3) is 0.130. The van der Waals surface area contributed by atoms with Crippen molar-refractivity contribution in [3.63, 3.8) is 0 Å². The number of imide groups is 1. The molecule has 6 heteroatoms. The third kappa shape index (κ3) is 2.34. The van der Waals surface area contributed by atoms with Crippen molar-refractivity contribution in [1.29, 1.82) is 0 Å². The lowest BCUT2D eigenvalue weighted by Gasteiger charge is -2.10. The van der Waals surface area contributed by atoms with Crippen LogP contribution in [0.15, 0.2) is 42.5 Å². The number of aromatic nitrogens is 1. The highest BCUT2D eigenvalue weighted by atomic mass is 35.5. The van der Waals surface area contributed by atoms with Crippen molar-refractivity contribution in [2.45, 2.75) is 13.3 Å². The second-order valence-electron chi connectivity index (χ2n) is 7.24. The van der Waals surface area contributed by atoms with E-state index in [1.807, 2.05) is 48.9 Å². The third-order valence-electron chi connectivity index (χ3n) is 5.72. The van der Waals surface area contributed by atoms with E-state index in [0.29, 0.717) is 39.1 Å². The van der Waals surface area contributed by atoms with Crippen molar-refractivity contribution in [3.8, 4) is 16.9 Å². The molecule has 1 aromatic heterocycles. The van der Waals surface area contributed by atoms with Gasteiger partial charge in [0, 0.05) is 33.9 Å². The van der Waals surface area contributed by atoms with Gasteiger partial charge in [-0.2, -0.15) is 0 Å². The summed E-state index contributed by atoms with van der Waals surface area (Å²) < 4.78 is 1.99. The average Bonchev–Trinajstić information content (AvgIpc) is 3.14. The van der Waals surface area contributed by atoms with E-state index in [-0.39, 0.29) is 5.75 Å². The molecule has 29 heavy (non-hydrogen) atoms. The molecule has 4 aromatic rings. The maximum Gasteiger partial charge on any atom is 0.259 e. The molecule has 144 valence electrons. The zero-order valence-corrected chi connectivity index (χ0v) is 16.6. The number of fused-ring (bicyclic) bond motifs is 5. The quantitative estimate of drug-likeness (QED) is 0.471. The summed E-state index contributed by atoms with van der Waals surface area (Å²) in [4.78, 5) is 25.5. The molecule has 3 aromatic carbocycles. The molecule has 0 atom stereocenters. The van der Waals surface area contributed by atoms with Crippen LogP contribution in [0.4, 0.5) is 0 Å². The Morgan fingerprint density at radius 3 is 2.45 bits per heavy atom. The molecule has 0 radical (unpaired) electrons. The van der Waals surface area contributed by atoms with Gasteiger partial charge in [0.2, 0.25) is 0 Å². The van der Waals surface area contributed by atoms with Gasteiger partial charge in [0.1, 0.15) is 5.75 Å². The van der Waals surface area contributed by atoms with E-state index in [1.54, 1.807) is 12.1 Å². The van der Waals surface area contributed by atoms with Crippen LogP contribution in [0.25, 0.3) is 32.9 Å². The van der Waals surface area contributed by atoms with Gasteiger partial charge in [-0.25, -0.2) is 0 Å². The first-order chi connectivity index (χ1) is 13.9. The van der Waals surface area contributed by atoms with Crippen LogP contribution < -0.4 is 5.32 Å². The number of nitrogens with zero attached hydrogens (tertiary/aromatic N) is 1. The van der Waals surface area contributed by atoms with Crippen molar-refractivity contribution in [1.82, 2.24) is 9.88 Å². The van der Waals surface area contributed by atoms with Crippen LogP contribution in [0.1, 0.15) is 33.2 Å². The predicted octanol–water partition coefficient (Wildman–Crippen LogP) is 4.80. The molecule has 0 saturated heterocycles. The first kappa shape index (κ1) is 17.8. The number of hydrogen-bond donors (Lipinski definition) is 2. The Bertz CT molecular complexity index is 1380. The Labute approximate surface area is 171 Å². The second kappa shape index (κ2) is 6.09. The number of aryl methyl sites for hydroxylation is 2. The van der Waals surface area contributed by atoms with E-state index in [4.69, 9.17) is 11.6 Å². The van der Waals surface area contributed by atoms with Crippen LogP contribution in [0.2, 0.25) is 5.02 Å². The molecule has 1 aliphatic heterocycles. The minimum absolute atomic E-state index is 0.182. The van der Waals surface area contributed by atoms with E-state index in [0.717, 1.165) is 22.0 Å². The lowest BCUT2D eigenvalue weighted by Crippen LogP contribution is -2.20. The van der Waals surface area contributed by atoms with Crippen molar-refractivity contribution >= 4 is 45.2 Å². The summed E-state index contributed by atoms with van der Waals surface area (Å²) in [6, 6.07) is 12.8. The molecular formula is C23H17ClN2O3. The number of nitrogens with one attached hydrogen (secondary N) is 1. The smallest absolute Gasteiger partial charge is 0.259 e. The summed E-state index contributed by atoms with van der Waals surface area (Å²) in [5, 5.41) is 14.7. The van der Waals surface area contributed by atoms with Gasteiger partial charge in [0.25, 0.3) is 11.8 Å². The molecule has 2 amide bonds. The van der Waals surface area contributed by atoms with Crippen LogP contribution in [0, 0.1) is 0 Å². The fourth-order valence-electron chi connectivity index (χ4n) is 4.30. The van der Waals surface area contributed by atoms with Gasteiger partial charge >= 0.3 is 0 Å². The predicted molar refractivity (Wildman–Crippen MR) is 114 cm³/mol. The van der Waals surface area contributed by atoms with Crippen LogP contribution in [-0.4, -0.2) is 21.5 Å². The summed E-state index contributed by atoms with van der Waals surface area (Å²) in [5.74, 6) is -0.690. The number of hydrogen-bond acceptors (Lipinski definition) is 3. The number of rotatable bonds is 2. The number of carbonyl (C=O) groups excluding carboxylic acids is 2. The number of phenols is 1. The Kier molecular flexibility index (Phi) is 3.73. The topological polar surface area (TPSA) is 71.3 Å². The van der Waals surface area contributed by atoms with E-state index >= 15 is 0 Å². The number of aromatic hydroxyl groups is 1. The number of benzene rings is 3. The molecule has 2 heterocycles. The summed E-state index contributed by atoms with van der Waals surface area (Å²) in [5.41, 5.74) is 4.48. The van der Waals surface area contributed by atoms with Gasteiger partial charge in [-0.3, -0.25) is 14.9 Å². The van der Waals surface area contributed by atoms with E-state index < -0.39 is 11.8 Å². The highest BCUT2D eigenvalue weighted by Crippen LogP contribution is 2.42. The lowest BCUT2D eigenvalue weighted by molar-refractivity contribution is 0.0880. The molecule has 0 aliphatic carbocycles. The Morgan fingerprint density at radius 1 is 1.00 bits per heavy atom. The molecule has 0 fully saturated rings. The highest BCUT2D eigenvalue weighted by molar-refractivity contribution is 6.36. The SMILES string of the molecule is CCc1cc2c(cc1O)c1c3c(c(-c4ccccc4Cl)cc1n2C)C(=O)NC3=O. The highest BCUT2D eigenvalue weighted by Gasteiger charge is 2.34. The Balaban J connectivity index is 2.01. The number of halogens is 1. The Hall–Kier alpha value is -3.31. The normalized spacial score (nSPS) is 13.3. The molecule has 5 nitrogen and oxygen atoms in total. The fourth-order valence-corrected chi connectivity index (χ4v) is 4.54. The second-order valence-corrected chi connectivity index (χ2v) is 7.65. The van der Waals surface area contributed by atoms with Crippen molar-refractivity contribution in [2.75, 3.05) is 0 Å². The summed E-state index contributed by atoms with van der Waals surface area (Å²) in [7, 11) is 1.92. The van der Waals surface area contributed by atoms with E-state index in [9.17, 15) is 14.7 Å². The standard InChI is InChI=1S/C23H17ClN2O3/c1-3-11-8-16-14(10-18(11)27)19-17(26(16)2)9-13(12-6-4-5-7-15(12)24)20-21(19)23(29)25-22(20)28/h4-10,27H,3H2,1-2H3,(H,25,28,29). The molecule has 0 bridgehead atoms. The summed E-state index contributed by atoms with van der Waals surface area (Å²) >= 11 is 6.42. The maximum absolute atomic E-state index is 12.8. The monoisotopic (exact) mass is 404 g/mol. The average molecular weight is 405 g/mol. The minimum atomic E-state index is -0.437. The minimum Gasteiger partial charge on any atom is -0.508 e. The molecular weight excluding hydrogens is 388 g/mol. The first-order valence-electron chi connectivity index (χ1n) is 9.34.